The largest absolute Gasteiger partial charge is 0.444 e. The van der Waals surface area contributed by atoms with Crippen LogP contribution in [0.25, 0.3) is 0 Å². The minimum atomic E-state index is -0.430. The summed E-state index contributed by atoms with van der Waals surface area (Å²) in [6.07, 6.45) is 2.11. The Morgan fingerprint density at radius 2 is 1.85 bits per heavy atom. The van der Waals surface area contributed by atoms with Crippen LogP contribution in [0.4, 0.5) is 4.79 Å². The van der Waals surface area contributed by atoms with Gasteiger partial charge in [-0.05, 0) is 65.5 Å². The number of hydrogen-bond acceptors (Lipinski definition) is 3. The summed E-state index contributed by atoms with van der Waals surface area (Å²) in [5, 5.41) is 3.40. The van der Waals surface area contributed by atoms with E-state index in [0.29, 0.717) is 18.4 Å². The monoisotopic (exact) mass is 284 g/mol. The van der Waals surface area contributed by atoms with E-state index in [2.05, 4.69) is 19.2 Å². The van der Waals surface area contributed by atoms with Crippen LogP contribution < -0.4 is 5.32 Å². The second kappa shape index (κ2) is 7.30. The van der Waals surface area contributed by atoms with Gasteiger partial charge in [0.15, 0.2) is 0 Å². The molecule has 1 fully saturated rings. The van der Waals surface area contributed by atoms with Gasteiger partial charge in [0.1, 0.15) is 5.60 Å². The molecule has 1 aliphatic rings. The minimum Gasteiger partial charge on any atom is -0.444 e. The van der Waals surface area contributed by atoms with Crippen LogP contribution >= 0.6 is 0 Å². The van der Waals surface area contributed by atoms with Crippen molar-refractivity contribution in [3.63, 3.8) is 0 Å². The molecule has 0 bridgehead atoms. The topological polar surface area (TPSA) is 41.6 Å². The van der Waals surface area contributed by atoms with E-state index in [9.17, 15) is 4.79 Å². The summed E-state index contributed by atoms with van der Waals surface area (Å²) in [7, 11) is 0. The Bertz CT molecular complexity index is 304. The average Bonchev–Trinajstić information content (AvgIpc) is 2.33. The number of hydrogen-bond donors (Lipinski definition) is 1. The summed E-state index contributed by atoms with van der Waals surface area (Å²) >= 11 is 0. The summed E-state index contributed by atoms with van der Waals surface area (Å²) in [5.74, 6) is 1.02. The van der Waals surface area contributed by atoms with Gasteiger partial charge in [-0.15, -0.1) is 0 Å². The molecule has 1 N–H and O–H groups in total. The molecule has 20 heavy (non-hydrogen) atoms. The molecule has 1 unspecified atom stereocenters. The van der Waals surface area contributed by atoms with Crippen molar-refractivity contribution in [2.24, 2.45) is 11.8 Å². The SMILES string of the molecule is CCN(C(=O)OC(C)(C)C)C(C(C)C)C1CCNCC1. The Hall–Kier alpha value is -0.770. The summed E-state index contributed by atoms with van der Waals surface area (Å²) in [4.78, 5) is 14.4. The van der Waals surface area contributed by atoms with Gasteiger partial charge in [0.05, 0.1) is 0 Å². The van der Waals surface area contributed by atoms with Crippen molar-refractivity contribution in [1.82, 2.24) is 10.2 Å². The summed E-state index contributed by atoms with van der Waals surface area (Å²) in [5.41, 5.74) is -0.430. The number of piperidine rings is 1. The minimum absolute atomic E-state index is 0.169. The highest BCUT2D eigenvalue weighted by molar-refractivity contribution is 5.68. The first-order valence-corrected chi connectivity index (χ1v) is 7.96. The van der Waals surface area contributed by atoms with E-state index < -0.39 is 5.60 Å². The molecular weight excluding hydrogens is 252 g/mol. The van der Waals surface area contributed by atoms with Crippen LogP contribution in [0.15, 0.2) is 0 Å². The molecule has 0 saturated carbocycles. The summed E-state index contributed by atoms with van der Waals surface area (Å²) in [6.45, 7) is 15.1. The van der Waals surface area contributed by atoms with E-state index in [1.807, 2.05) is 32.6 Å². The predicted molar refractivity (Wildman–Crippen MR) is 82.8 cm³/mol. The first-order valence-electron chi connectivity index (χ1n) is 7.96. The van der Waals surface area contributed by atoms with Gasteiger partial charge in [-0.1, -0.05) is 13.8 Å². The molecule has 1 heterocycles. The zero-order valence-corrected chi connectivity index (χ0v) is 14.0. The fraction of sp³-hybridized carbons (Fsp3) is 0.938. The van der Waals surface area contributed by atoms with Gasteiger partial charge in [-0.25, -0.2) is 4.79 Å². The van der Waals surface area contributed by atoms with Crippen LogP contribution in [-0.4, -0.2) is 42.3 Å². The van der Waals surface area contributed by atoms with Gasteiger partial charge in [-0.3, -0.25) is 0 Å². The van der Waals surface area contributed by atoms with E-state index in [1.54, 1.807) is 0 Å². The molecule has 0 radical (unpaired) electrons. The van der Waals surface area contributed by atoms with Crippen LogP contribution in [0.3, 0.4) is 0 Å². The fourth-order valence-electron chi connectivity index (χ4n) is 3.13. The molecular formula is C16H32N2O2. The second-order valence-corrected chi connectivity index (χ2v) is 7.09. The Kier molecular flexibility index (Phi) is 6.31. The van der Waals surface area contributed by atoms with Gasteiger partial charge >= 0.3 is 6.09 Å². The lowest BCUT2D eigenvalue weighted by atomic mass is 9.83. The van der Waals surface area contributed by atoms with Crippen molar-refractivity contribution in [3.8, 4) is 0 Å². The first-order chi connectivity index (χ1) is 9.26. The maximum atomic E-state index is 12.5. The Balaban J connectivity index is 2.82. The maximum absolute atomic E-state index is 12.5. The molecule has 1 rings (SSSR count). The van der Waals surface area contributed by atoms with E-state index >= 15 is 0 Å². The number of nitrogens with zero attached hydrogens (tertiary/aromatic N) is 1. The number of amides is 1. The van der Waals surface area contributed by atoms with Crippen LogP contribution in [-0.2, 0) is 4.74 Å². The van der Waals surface area contributed by atoms with Crippen molar-refractivity contribution in [3.05, 3.63) is 0 Å². The molecule has 118 valence electrons. The molecule has 1 saturated heterocycles. The van der Waals surface area contributed by atoms with Crippen molar-refractivity contribution in [2.75, 3.05) is 19.6 Å². The Morgan fingerprint density at radius 1 is 1.30 bits per heavy atom. The normalized spacial score (nSPS) is 18.9. The Labute approximate surface area is 124 Å². The van der Waals surface area contributed by atoms with Gasteiger partial charge in [0.25, 0.3) is 0 Å². The number of carbonyl (C=O) groups excluding carboxylic acids is 1. The lowest BCUT2D eigenvalue weighted by molar-refractivity contribution is 0.00115. The van der Waals surface area contributed by atoms with Crippen molar-refractivity contribution < 1.29 is 9.53 Å². The van der Waals surface area contributed by atoms with Crippen LogP contribution in [0.2, 0.25) is 0 Å². The Morgan fingerprint density at radius 3 is 2.25 bits per heavy atom. The fourth-order valence-corrected chi connectivity index (χ4v) is 3.13. The zero-order chi connectivity index (χ0) is 15.3. The average molecular weight is 284 g/mol. The third kappa shape index (κ3) is 4.97. The van der Waals surface area contributed by atoms with Gasteiger partial charge in [0, 0.05) is 12.6 Å². The van der Waals surface area contributed by atoms with Crippen LogP contribution in [0, 0.1) is 11.8 Å². The number of rotatable bonds is 4. The summed E-state index contributed by atoms with van der Waals surface area (Å²) in [6, 6.07) is 0.275. The first kappa shape index (κ1) is 17.3. The van der Waals surface area contributed by atoms with Gasteiger partial charge in [0.2, 0.25) is 0 Å². The summed E-state index contributed by atoms with van der Waals surface area (Å²) < 4.78 is 5.58. The van der Waals surface area contributed by atoms with Crippen LogP contribution in [0.1, 0.15) is 54.4 Å². The number of ether oxygens (including phenoxy) is 1. The van der Waals surface area contributed by atoms with Crippen LogP contribution in [0.5, 0.6) is 0 Å². The molecule has 0 aliphatic carbocycles. The smallest absolute Gasteiger partial charge is 0.410 e. The third-order valence-corrected chi connectivity index (χ3v) is 3.88. The van der Waals surface area contributed by atoms with E-state index in [4.69, 9.17) is 4.74 Å². The molecule has 0 spiro atoms. The zero-order valence-electron chi connectivity index (χ0n) is 14.0. The predicted octanol–water partition coefficient (Wildman–Crippen LogP) is 3.27. The third-order valence-electron chi connectivity index (χ3n) is 3.88. The molecule has 1 atom stereocenters. The highest BCUT2D eigenvalue weighted by atomic mass is 16.6. The quantitative estimate of drug-likeness (QED) is 0.861. The van der Waals surface area contributed by atoms with Crippen molar-refractivity contribution >= 4 is 6.09 Å². The molecule has 0 aromatic heterocycles. The molecule has 0 aromatic carbocycles. The lowest BCUT2D eigenvalue weighted by Crippen LogP contribution is -2.51. The maximum Gasteiger partial charge on any atom is 0.410 e. The second-order valence-electron chi connectivity index (χ2n) is 7.09. The number of nitrogens with one attached hydrogen (secondary N) is 1. The van der Waals surface area contributed by atoms with Crippen molar-refractivity contribution in [1.29, 1.82) is 0 Å². The molecule has 4 nitrogen and oxygen atoms in total. The van der Waals surface area contributed by atoms with Gasteiger partial charge in [-0.2, -0.15) is 0 Å². The molecule has 0 aromatic rings. The standard InChI is InChI=1S/C16H32N2O2/c1-7-18(15(19)20-16(4,5)6)14(12(2)3)13-8-10-17-11-9-13/h12-14,17H,7-11H2,1-6H3. The van der Waals surface area contributed by atoms with E-state index in [-0.39, 0.29) is 12.1 Å². The highest BCUT2D eigenvalue weighted by Gasteiger charge is 2.35. The van der Waals surface area contributed by atoms with Gasteiger partial charge < -0.3 is 15.0 Å². The number of carbonyl (C=O) groups is 1. The molecule has 4 heteroatoms. The lowest BCUT2D eigenvalue weighted by Gasteiger charge is -2.41. The van der Waals surface area contributed by atoms with Crippen molar-refractivity contribution in [2.45, 2.75) is 66.0 Å². The highest BCUT2D eigenvalue weighted by Crippen LogP contribution is 2.28. The van der Waals surface area contributed by atoms with E-state index in [0.717, 1.165) is 25.9 Å². The molecule has 1 aliphatic heterocycles. The molecule has 1 amide bonds. The van der Waals surface area contributed by atoms with E-state index in [1.165, 1.54) is 0 Å².